The lowest BCUT2D eigenvalue weighted by molar-refractivity contribution is -0.139. The van der Waals surface area contributed by atoms with Crippen LogP contribution in [-0.2, 0) is 28.1 Å². The van der Waals surface area contributed by atoms with E-state index in [4.69, 9.17) is 4.42 Å². The van der Waals surface area contributed by atoms with Crippen molar-refractivity contribution in [1.82, 2.24) is 15.1 Å². The van der Waals surface area contributed by atoms with Crippen LogP contribution in [0.15, 0.2) is 40.8 Å². The summed E-state index contributed by atoms with van der Waals surface area (Å²) in [6.07, 6.45) is 2.23. The molecule has 4 rings (SSSR count). The fourth-order valence-electron chi connectivity index (χ4n) is 4.10. The number of hydrogen-bond donors (Lipinski definition) is 1. The SMILES string of the molecule is Cc1ccc(CN(C)C(=O)CN2C(=O)N[C@]3(CCCc4ccccc43)C2=O)o1. The minimum absolute atomic E-state index is 0.282. The highest BCUT2D eigenvalue weighted by Crippen LogP contribution is 2.39. The fraction of sp³-hybridized carbons (Fsp3) is 0.381. The second-order valence-electron chi connectivity index (χ2n) is 7.50. The zero-order valence-electron chi connectivity index (χ0n) is 16.0. The van der Waals surface area contributed by atoms with Gasteiger partial charge >= 0.3 is 6.03 Å². The Bertz CT molecular complexity index is 951. The molecule has 1 aromatic heterocycles. The zero-order valence-corrected chi connectivity index (χ0v) is 16.0. The lowest BCUT2D eigenvalue weighted by Gasteiger charge is -2.33. The third kappa shape index (κ3) is 2.96. The minimum Gasteiger partial charge on any atom is -0.464 e. The van der Waals surface area contributed by atoms with Crippen molar-refractivity contribution in [2.45, 2.75) is 38.3 Å². The first-order valence-corrected chi connectivity index (χ1v) is 9.42. The first-order valence-electron chi connectivity index (χ1n) is 9.42. The molecule has 0 unspecified atom stereocenters. The standard InChI is InChI=1S/C21H23N3O4/c1-14-9-10-16(28-14)12-23(2)18(25)13-24-19(26)21(22-20(24)27)11-5-7-15-6-3-4-8-17(15)21/h3-4,6,8-10H,5,7,11-13H2,1-2H3,(H,22,27)/t21-/m0/s1. The number of benzene rings is 1. The average molecular weight is 381 g/mol. The fourth-order valence-corrected chi connectivity index (χ4v) is 4.10. The number of carbonyl (C=O) groups is 3. The third-order valence-electron chi connectivity index (χ3n) is 5.56. The number of nitrogens with one attached hydrogen (secondary N) is 1. The van der Waals surface area contributed by atoms with Crippen molar-refractivity contribution in [2.75, 3.05) is 13.6 Å². The smallest absolute Gasteiger partial charge is 0.325 e. The summed E-state index contributed by atoms with van der Waals surface area (Å²) in [6, 6.07) is 10.8. The molecule has 146 valence electrons. The molecule has 2 aliphatic rings. The molecule has 1 spiro atoms. The van der Waals surface area contributed by atoms with Crippen molar-refractivity contribution in [2.24, 2.45) is 0 Å². The lowest BCUT2D eigenvalue weighted by Crippen LogP contribution is -2.47. The molecule has 2 aromatic rings. The maximum absolute atomic E-state index is 13.2. The lowest BCUT2D eigenvalue weighted by atomic mass is 9.76. The van der Waals surface area contributed by atoms with E-state index in [2.05, 4.69) is 5.32 Å². The van der Waals surface area contributed by atoms with Gasteiger partial charge in [-0.05, 0) is 49.4 Å². The van der Waals surface area contributed by atoms with Gasteiger partial charge in [0.05, 0.1) is 6.54 Å². The summed E-state index contributed by atoms with van der Waals surface area (Å²) < 4.78 is 5.49. The van der Waals surface area contributed by atoms with Crippen molar-refractivity contribution in [3.63, 3.8) is 0 Å². The van der Waals surface area contributed by atoms with Gasteiger partial charge in [0.25, 0.3) is 5.91 Å². The van der Waals surface area contributed by atoms with Gasteiger partial charge in [-0.2, -0.15) is 0 Å². The van der Waals surface area contributed by atoms with E-state index in [9.17, 15) is 14.4 Å². The molecular formula is C21H23N3O4. The molecule has 0 saturated carbocycles. The first-order chi connectivity index (χ1) is 13.4. The van der Waals surface area contributed by atoms with Gasteiger partial charge in [-0.3, -0.25) is 14.5 Å². The van der Waals surface area contributed by atoms with E-state index >= 15 is 0 Å². The minimum atomic E-state index is -1.05. The Morgan fingerprint density at radius 1 is 1.25 bits per heavy atom. The quantitative estimate of drug-likeness (QED) is 0.824. The Balaban J connectivity index is 1.51. The van der Waals surface area contributed by atoms with Gasteiger partial charge in [-0.25, -0.2) is 4.79 Å². The van der Waals surface area contributed by atoms with Crippen LogP contribution in [-0.4, -0.2) is 41.2 Å². The van der Waals surface area contributed by atoms with Gasteiger partial charge < -0.3 is 14.6 Å². The number of furan rings is 1. The normalized spacial score (nSPS) is 21.0. The molecule has 1 fully saturated rings. The number of likely N-dealkylation sites (N-methyl/N-ethyl adjacent to an activating group) is 1. The molecule has 0 radical (unpaired) electrons. The van der Waals surface area contributed by atoms with Crippen LogP contribution in [0, 0.1) is 6.92 Å². The molecule has 1 aliphatic heterocycles. The van der Waals surface area contributed by atoms with Crippen molar-refractivity contribution >= 4 is 17.8 Å². The number of nitrogens with zero attached hydrogens (tertiary/aromatic N) is 2. The molecule has 1 aromatic carbocycles. The van der Waals surface area contributed by atoms with Crippen LogP contribution in [0.4, 0.5) is 4.79 Å². The van der Waals surface area contributed by atoms with Gasteiger partial charge in [-0.15, -0.1) is 0 Å². The van der Waals surface area contributed by atoms with Crippen molar-refractivity contribution in [1.29, 1.82) is 0 Å². The first kappa shape index (κ1) is 18.3. The number of rotatable bonds is 4. The Hall–Kier alpha value is -3.09. The van der Waals surface area contributed by atoms with Crippen LogP contribution in [0.2, 0.25) is 0 Å². The number of imide groups is 1. The maximum Gasteiger partial charge on any atom is 0.325 e. The van der Waals surface area contributed by atoms with Crippen LogP contribution in [0.3, 0.4) is 0 Å². The number of fused-ring (bicyclic) bond motifs is 2. The molecule has 2 heterocycles. The molecule has 1 atom stereocenters. The molecule has 1 N–H and O–H groups in total. The molecule has 28 heavy (non-hydrogen) atoms. The highest BCUT2D eigenvalue weighted by atomic mass is 16.3. The van der Waals surface area contributed by atoms with E-state index in [1.54, 1.807) is 13.1 Å². The van der Waals surface area contributed by atoms with Crippen molar-refractivity contribution < 1.29 is 18.8 Å². The second-order valence-corrected chi connectivity index (χ2v) is 7.50. The Kier molecular flexibility index (Phi) is 4.45. The van der Waals surface area contributed by atoms with E-state index in [-0.39, 0.29) is 24.9 Å². The van der Waals surface area contributed by atoms with Crippen molar-refractivity contribution in [3.8, 4) is 0 Å². The van der Waals surface area contributed by atoms with Gasteiger partial charge in [0.15, 0.2) is 0 Å². The highest BCUT2D eigenvalue weighted by molar-refractivity contribution is 6.09. The molecule has 4 amide bonds. The second kappa shape index (κ2) is 6.82. The summed E-state index contributed by atoms with van der Waals surface area (Å²) in [6.45, 7) is 1.83. The third-order valence-corrected chi connectivity index (χ3v) is 5.56. The number of aryl methyl sites for hydroxylation is 2. The van der Waals surface area contributed by atoms with Gasteiger partial charge in [0.2, 0.25) is 5.91 Å². The van der Waals surface area contributed by atoms with E-state index in [1.807, 2.05) is 37.3 Å². The summed E-state index contributed by atoms with van der Waals surface area (Å²) in [5.41, 5.74) is 0.859. The largest absolute Gasteiger partial charge is 0.464 e. The Labute approximate surface area is 163 Å². The van der Waals surface area contributed by atoms with Gasteiger partial charge in [0, 0.05) is 7.05 Å². The molecule has 7 heteroatoms. The van der Waals surface area contributed by atoms with Crippen LogP contribution in [0.5, 0.6) is 0 Å². The number of carbonyl (C=O) groups excluding carboxylic acids is 3. The molecular weight excluding hydrogens is 358 g/mol. The monoisotopic (exact) mass is 381 g/mol. The van der Waals surface area contributed by atoms with Crippen LogP contribution in [0.25, 0.3) is 0 Å². The predicted octanol–water partition coefficient (Wildman–Crippen LogP) is 2.33. The number of hydrogen-bond acceptors (Lipinski definition) is 4. The van der Waals surface area contributed by atoms with Crippen LogP contribution < -0.4 is 5.32 Å². The van der Waals surface area contributed by atoms with Crippen LogP contribution in [0.1, 0.15) is 35.5 Å². The number of urea groups is 1. The van der Waals surface area contributed by atoms with Gasteiger partial charge in [0.1, 0.15) is 23.6 Å². The average Bonchev–Trinajstić information content (AvgIpc) is 3.18. The molecule has 0 bridgehead atoms. The van der Waals surface area contributed by atoms with E-state index in [0.717, 1.165) is 34.6 Å². The summed E-state index contributed by atoms with van der Waals surface area (Å²) >= 11 is 0. The van der Waals surface area contributed by atoms with E-state index < -0.39 is 11.6 Å². The Morgan fingerprint density at radius 2 is 2.04 bits per heavy atom. The maximum atomic E-state index is 13.2. The summed E-state index contributed by atoms with van der Waals surface area (Å²) in [5, 5.41) is 2.87. The highest BCUT2D eigenvalue weighted by Gasteiger charge is 2.54. The summed E-state index contributed by atoms with van der Waals surface area (Å²) in [5.74, 6) is 0.755. The summed E-state index contributed by atoms with van der Waals surface area (Å²) in [4.78, 5) is 40.9. The van der Waals surface area contributed by atoms with E-state index in [1.165, 1.54) is 4.90 Å². The van der Waals surface area contributed by atoms with Crippen LogP contribution >= 0.6 is 0 Å². The molecule has 1 aliphatic carbocycles. The Morgan fingerprint density at radius 3 is 2.79 bits per heavy atom. The topological polar surface area (TPSA) is 82.9 Å². The molecule has 1 saturated heterocycles. The summed E-state index contributed by atoms with van der Waals surface area (Å²) in [7, 11) is 1.63. The number of amides is 4. The van der Waals surface area contributed by atoms with Gasteiger partial charge in [-0.1, -0.05) is 24.3 Å². The zero-order chi connectivity index (χ0) is 19.9. The van der Waals surface area contributed by atoms with Crippen molar-refractivity contribution in [3.05, 3.63) is 59.0 Å². The molecule has 7 nitrogen and oxygen atoms in total. The predicted molar refractivity (Wildman–Crippen MR) is 101 cm³/mol. The van der Waals surface area contributed by atoms with E-state index in [0.29, 0.717) is 12.2 Å².